The lowest BCUT2D eigenvalue weighted by Gasteiger charge is -2.20. The molecule has 0 radical (unpaired) electrons. The third-order valence-electron chi connectivity index (χ3n) is 3.35. The van der Waals surface area contributed by atoms with Crippen molar-refractivity contribution in [2.24, 2.45) is 5.92 Å². The highest BCUT2D eigenvalue weighted by Gasteiger charge is 2.24. The number of rotatable bonds is 7. The summed E-state index contributed by atoms with van der Waals surface area (Å²) in [6.07, 6.45) is 2.28. The van der Waals surface area contributed by atoms with Crippen molar-refractivity contribution < 1.29 is 4.79 Å². The van der Waals surface area contributed by atoms with Gasteiger partial charge in [-0.1, -0.05) is 6.92 Å². The molecule has 1 rings (SSSR count). The first-order chi connectivity index (χ1) is 8.13. The van der Waals surface area contributed by atoms with Crippen molar-refractivity contribution in [1.82, 2.24) is 15.5 Å². The van der Waals surface area contributed by atoms with Crippen LogP contribution in [0.2, 0.25) is 0 Å². The van der Waals surface area contributed by atoms with Crippen molar-refractivity contribution in [3.05, 3.63) is 0 Å². The standard InChI is InChI=1S/C13H27N3O/c1-4-6-14-9-13(17)15-8-12-5-7-16(10-12)11(2)3/h11-12,14H,4-10H2,1-3H3,(H,15,17). The van der Waals surface area contributed by atoms with E-state index in [-0.39, 0.29) is 5.91 Å². The van der Waals surface area contributed by atoms with Crippen LogP contribution in [0.25, 0.3) is 0 Å². The zero-order valence-corrected chi connectivity index (χ0v) is 11.5. The van der Waals surface area contributed by atoms with Gasteiger partial charge in [0.15, 0.2) is 0 Å². The lowest BCUT2D eigenvalue weighted by molar-refractivity contribution is -0.120. The first-order valence-electron chi connectivity index (χ1n) is 6.85. The van der Waals surface area contributed by atoms with Gasteiger partial charge in [-0.05, 0) is 45.7 Å². The molecule has 0 spiro atoms. The molecule has 1 amide bonds. The second-order valence-electron chi connectivity index (χ2n) is 5.22. The minimum atomic E-state index is 0.126. The second-order valence-corrected chi connectivity index (χ2v) is 5.22. The highest BCUT2D eigenvalue weighted by Crippen LogP contribution is 2.17. The lowest BCUT2D eigenvalue weighted by atomic mass is 10.1. The molecule has 0 aromatic carbocycles. The molecular formula is C13H27N3O. The van der Waals surface area contributed by atoms with Crippen LogP contribution >= 0.6 is 0 Å². The van der Waals surface area contributed by atoms with Crippen LogP contribution in [0.4, 0.5) is 0 Å². The molecule has 4 heteroatoms. The number of amides is 1. The summed E-state index contributed by atoms with van der Waals surface area (Å²) in [7, 11) is 0. The predicted molar refractivity (Wildman–Crippen MR) is 71.0 cm³/mol. The fraction of sp³-hybridized carbons (Fsp3) is 0.923. The maximum Gasteiger partial charge on any atom is 0.233 e. The van der Waals surface area contributed by atoms with E-state index in [1.807, 2.05) is 0 Å². The van der Waals surface area contributed by atoms with E-state index in [0.29, 0.717) is 18.5 Å². The molecule has 1 atom stereocenters. The van der Waals surface area contributed by atoms with E-state index < -0.39 is 0 Å². The van der Waals surface area contributed by atoms with Crippen molar-refractivity contribution in [3.8, 4) is 0 Å². The van der Waals surface area contributed by atoms with Gasteiger partial charge in [-0.3, -0.25) is 4.79 Å². The van der Waals surface area contributed by atoms with Crippen molar-refractivity contribution >= 4 is 5.91 Å². The second kappa shape index (κ2) is 7.67. The molecule has 1 fully saturated rings. The van der Waals surface area contributed by atoms with Gasteiger partial charge in [0.2, 0.25) is 5.91 Å². The van der Waals surface area contributed by atoms with Crippen LogP contribution in [-0.2, 0) is 4.79 Å². The van der Waals surface area contributed by atoms with Gasteiger partial charge in [-0.25, -0.2) is 0 Å². The van der Waals surface area contributed by atoms with Gasteiger partial charge in [0, 0.05) is 19.1 Å². The molecule has 0 aromatic heterocycles. The van der Waals surface area contributed by atoms with Crippen LogP contribution < -0.4 is 10.6 Å². The van der Waals surface area contributed by atoms with E-state index in [0.717, 1.165) is 26.1 Å². The van der Waals surface area contributed by atoms with E-state index in [1.54, 1.807) is 0 Å². The topological polar surface area (TPSA) is 44.4 Å². The number of nitrogens with one attached hydrogen (secondary N) is 2. The Morgan fingerprint density at radius 2 is 2.24 bits per heavy atom. The number of hydrogen-bond acceptors (Lipinski definition) is 3. The number of nitrogens with zero attached hydrogens (tertiary/aromatic N) is 1. The maximum atomic E-state index is 11.5. The molecule has 1 aliphatic heterocycles. The number of carbonyl (C=O) groups is 1. The molecule has 1 heterocycles. The fourth-order valence-electron chi connectivity index (χ4n) is 2.20. The Morgan fingerprint density at radius 3 is 2.82 bits per heavy atom. The average molecular weight is 241 g/mol. The molecule has 0 bridgehead atoms. The van der Waals surface area contributed by atoms with Crippen molar-refractivity contribution in [3.63, 3.8) is 0 Å². The Hall–Kier alpha value is -0.610. The molecule has 2 N–H and O–H groups in total. The Kier molecular flexibility index (Phi) is 6.52. The molecule has 100 valence electrons. The first-order valence-corrected chi connectivity index (χ1v) is 6.85. The molecule has 1 saturated heterocycles. The molecule has 0 saturated carbocycles. The molecule has 1 aliphatic rings. The summed E-state index contributed by atoms with van der Waals surface area (Å²) in [4.78, 5) is 14.0. The molecule has 0 aromatic rings. The van der Waals surface area contributed by atoms with Crippen LogP contribution in [0.3, 0.4) is 0 Å². The Morgan fingerprint density at radius 1 is 1.47 bits per heavy atom. The van der Waals surface area contributed by atoms with Crippen LogP contribution in [0.1, 0.15) is 33.6 Å². The average Bonchev–Trinajstić information content (AvgIpc) is 2.75. The molecule has 0 aliphatic carbocycles. The minimum absolute atomic E-state index is 0.126. The molecular weight excluding hydrogens is 214 g/mol. The smallest absolute Gasteiger partial charge is 0.233 e. The predicted octanol–water partition coefficient (Wildman–Crippen LogP) is 0.833. The van der Waals surface area contributed by atoms with Gasteiger partial charge < -0.3 is 15.5 Å². The van der Waals surface area contributed by atoms with Crippen molar-refractivity contribution in [1.29, 1.82) is 0 Å². The summed E-state index contributed by atoms with van der Waals surface area (Å²) < 4.78 is 0. The Balaban J connectivity index is 2.09. The van der Waals surface area contributed by atoms with E-state index >= 15 is 0 Å². The fourth-order valence-corrected chi connectivity index (χ4v) is 2.20. The summed E-state index contributed by atoms with van der Waals surface area (Å²) in [5.41, 5.74) is 0. The molecule has 1 unspecified atom stereocenters. The highest BCUT2D eigenvalue weighted by molar-refractivity contribution is 5.77. The largest absolute Gasteiger partial charge is 0.355 e. The zero-order valence-electron chi connectivity index (χ0n) is 11.5. The SMILES string of the molecule is CCCNCC(=O)NCC1CCN(C(C)C)C1. The lowest BCUT2D eigenvalue weighted by Crippen LogP contribution is -2.37. The van der Waals surface area contributed by atoms with Gasteiger partial charge in [-0.2, -0.15) is 0 Å². The van der Waals surface area contributed by atoms with Gasteiger partial charge >= 0.3 is 0 Å². The molecule has 17 heavy (non-hydrogen) atoms. The Bertz CT molecular complexity index is 231. The summed E-state index contributed by atoms with van der Waals surface area (Å²) >= 11 is 0. The highest BCUT2D eigenvalue weighted by atomic mass is 16.1. The van der Waals surface area contributed by atoms with Crippen LogP contribution in [0, 0.1) is 5.92 Å². The van der Waals surface area contributed by atoms with E-state index in [2.05, 4.69) is 36.3 Å². The normalized spacial score (nSPS) is 21.1. The third kappa shape index (κ3) is 5.50. The van der Waals surface area contributed by atoms with Crippen LogP contribution in [0.15, 0.2) is 0 Å². The molecule has 4 nitrogen and oxygen atoms in total. The summed E-state index contributed by atoms with van der Waals surface area (Å²) in [5.74, 6) is 0.758. The summed E-state index contributed by atoms with van der Waals surface area (Å²) in [6.45, 7) is 11.1. The summed E-state index contributed by atoms with van der Waals surface area (Å²) in [5, 5.41) is 6.13. The number of carbonyl (C=O) groups excluding carboxylic acids is 1. The Labute approximate surface area is 105 Å². The van der Waals surface area contributed by atoms with Gasteiger partial charge in [0.25, 0.3) is 0 Å². The van der Waals surface area contributed by atoms with E-state index in [9.17, 15) is 4.79 Å². The quantitative estimate of drug-likeness (QED) is 0.649. The van der Waals surface area contributed by atoms with E-state index in [4.69, 9.17) is 0 Å². The zero-order chi connectivity index (χ0) is 12.7. The monoisotopic (exact) mass is 241 g/mol. The van der Waals surface area contributed by atoms with E-state index in [1.165, 1.54) is 13.0 Å². The van der Waals surface area contributed by atoms with Gasteiger partial charge in [-0.15, -0.1) is 0 Å². The van der Waals surface area contributed by atoms with Crippen molar-refractivity contribution in [2.45, 2.75) is 39.7 Å². The van der Waals surface area contributed by atoms with Gasteiger partial charge in [0.05, 0.1) is 6.54 Å². The number of hydrogen-bond donors (Lipinski definition) is 2. The maximum absolute atomic E-state index is 11.5. The van der Waals surface area contributed by atoms with Crippen LogP contribution in [-0.4, -0.2) is 49.6 Å². The number of likely N-dealkylation sites (tertiary alicyclic amines) is 1. The summed E-state index contributed by atoms with van der Waals surface area (Å²) in [6, 6.07) is 0.627. The van der Waals surface area contributed by atoms with Gasteiger partial charge in [0.1, 0.15) is 0 Å². The third-order valence-corrected chi connectivity index (χ3v) is 3.35. The van der Waals surface area contributed by atoms with Crippen LogP contribution in [0.5, 0.6) is 0 Å². The van der Waals surface area contributed by atoms with Crippen molar-refractivity contribution in [2.75, 3.05) is 32.7 Å². The first kappa shape index (κ1) is 14.5. The minimum Gasteiger partial charge on any atom is -0.355 e.